The molecule has 31 heavy (non-hydrogen) atoms. The van der Waals surface area contributed by atoms with Crippen molar-refractivity contribution in [2.24, 2.45) is 0 Å². The van der Waals surface area contributed by atoms with E-state index < -0.39 is 18.4 Å². The van der Waals surface area contributed by atoms with Crippen molar-refractivity contribution in [3.8, 4) is 29.0 Å². The summed E-state index contributed by atoms with van der Waals surface area (Å²) in [5.74, 6) is -0.345. The van der Waals surface area contributed by atoms with Crippen molar-refractivity contribution in [3.05, 3.63) is 59.0 Å². The Morgan fingerprint density at radius 3 is 2.55 bits per heavy atom. The zero-order valence-electron chi connectivity index (χ0n) is 17.0. The molecular formula is C22H18FN3O5. The van der Waals surface area contributed by atoms with E-state index >= 15 is 0 Å². The molecule has 0 spiro atoms. The second-order valence-electron chi connectivity index (χ2n) is 7.00. The predicted molar refractivity (Wildman–Crippen MR) is 109 cm³/mol. The number of carbonyl (C=O) groups is 1. The molecule has 2 aromatic carbocycles. The first-order valence-electron chi connectivity index (χ1n) is 9.34. The molecule has 0 atom stereocenters. The molecule has 8 nitrogen and oxygen atoms in total. The average Bonchev–Trinajstić information content (AvgIpc) is 3.13. The van der Waals surface area contributed by atoms with E-state index in [1.165, 1.54) is 18.3 Å². The van der Waals surface area contributed by atoms with Gasteiger partial charge in [0.15, 0.2) is 6.61 Å². The van der Waals surface area contributed by atoms with Crippen LogP contribution in [-0.2, 0) is 4.79 Å². The van der Waals surface area contributed by atoms with Crippen molar-refractivity contribution in [3.63, 3.8) is 0 Å². The van der Waals surface area contributed by atoms with Crippen LogP contribution in [0.4, 0.5) is 4.39 Å². The first-order valence-corrected chi connectivity index (χ1v) is 9.34. The summed E-state index contributed by atoms with van der Waals surface area (Å²) in [4.78, 5) is 23.5. The summed E-state index contributed by atoms with van der Waals surface area (Å²) in [6, 6.07) is 7.79. The molecule has 0 amide bonds. The van der Waals surface area contributed by atoms with Gasteiger partial charge in [0, 0.05) is 11.6 Å². The summed E-state index contributed by atoms with van der Waals surface area (Å²) in [5, 5.41) is 8.82. The number of fused-ring (bicyclic) bond motifs is 1. The number of oxazole rings is 1. The number of halogens is 1. The fourth-order valence-electron chi connectivity index (χ4n) is 3.11. The number of ether oxygens (including phenoxy) is 2. The molecule has 4 aromatic rings. The van der Waals surface area contributed by atoms with Crippen molar-refractivity contribution < 1.29 is 28.2 Å². The first-order chi connectivity index (χ1) is 14.8. The van der Waals surface area contributed by atoms with Gasteiger partial charge >= 0.3 is 12.0 Å². The number of hydrogen-bond donors (Lipinski definition) is 1. The van der Waals surface area contributed by atoms with Crippen LogP contribution in [0.1, 0.15) is 16.7 Å². The molecule has 0 aliphatic carbocycles. The molecule has 0 saturated carbocycles. The van der Waals surface area contributed by atoms with Crippen molar-refractivity contribution in [1.29, 1.82) is 0 Å². The minimum atomic E-state index is -1.05. The summed E-state index contributed by atoms with van der Waals surface area (Å²) in [7, 11) is 0. The van der Waals surface area contributed by atoms with Gasteiger partial charge in [0.05, 0.1) is 6.20 Å². The second-order valence-corrected chi connectivity index (χ2v) is 7.00. The summed E-state index contributed by atoms with van der Waals surface area (Å²) in [6.45, 7) is 4.98. The Balaban J connectivity index is 1.64. The fourth-order valence-corrected chi connectivity index (χ4v) is 3.11. The zero-order valence-corrected chi connectivity index (χ0v) is 17.0. The molecule has 1 N–H and O–H groups in total. The van der Waals surface area contributed by atoms with E-state index in [9.17, 15) is 9.18 Å². The van der Waals surface area contributed by atoms with Gasteiger partial charge in [0.25, 0.3) is 5.71 Å². The Morgan fingerprint density at radius 1 is 1.10 bits per heavy atom. The predicted octanol–water partition coefficient (Wildman–Crippen LogP) is 4.60. The fraction of sp³-hybridized carbons (Fsp3) is 0.182. The summed E-state index contributed by atoms with van der Waals surface area (Å²) in [6.07, 6.45) is 1.46. The van der Waals surface area contributed by atoms with Gasteiger partial charge in [-0.3, -0.25) is 0 Å². The number of aliphatic carboxylic acids is 1. The highest BCUT2D eigenvalue weighted by molar-refractivity contribution is 5.73. The van der Waals surface area contributed by atoms with Gasteiger partial charge in [0.2, 0.25) is 5.89 Å². The molecule has 0 fully saturated rings. The molecule has 158 valence electrons. The third-order valence-electron chi connectivity index (χ3n) is 4.53. The number of aromatic nitrogens is 3. The molecule has 0 aliphatic heterocycles. The van der Waals surface area contributed by atoms with Crippen LogP contribution in [0.5, 0.6) is 17.5 Å². The van der Waals surface area contributed by atoms with Crippen LogP contribution in [0.3, 0.4) is 0 Å². The Kier molecular flexibility index (Phi) is 5.24. The Labute approximate surface area is 176 Å². The lowest BCUT2D eigenvalue weighted by Gasteiger charge is -2.11. The number of aryl methyl sites for hydroxylation is 3. The van der Waals surface area contributed by atoms with Crippen LogP contribution < -0.4 is 9.47 Å². The lowest BCUT2D eigenvalue weighted by Crippen LogP contribution is -2.10. The van der Waals surface area contributed by atoms with Crippen LogP contribution in [0, 0.1) is 26.6 Å². The molecule has 2 aromatic heterocycles. The summed E-state index contributed by atoms with van der Waals surface area (Å²) >= 11 is 0. The average molecular weight is 423 g/mol. The van der Waals surface area contributed by atoms with Gasteiger partial charge in [-0.15, -0.1) is 0 Å². The normalized spacial score (nSPS) is 11.0. The Hall–Kier alpha value is -4.01. The van der Waals surface area contributed by atoms with E-state index in [1.807, 2.05) is 13.8 Å². The molecule has 0 bridgehead atoms. The van der Waals surface area contributed by atoms with Crippen molar-refractivity contribution in [1.82, 2.24) is 15.0 Å². The maximum Gasteiger partial charge on any atom is 0.341 e. The van der Waals surface area contributed by atoms with Gasteiger partial charge in [0.1, 0.15) is 22.8 Å². The van der Waals surface area contributed by atoms with Gasteiger partial charge in [-0.25, -0.2) is 19.2 Å². The molecule has 9 heteroatoms. The first kappa shape index (κ1) is 20.3. The summed E-state index contributed by atoms with van der Waals surface area (Å²) in [5.41, 5.74) is 3.56. The highest BCUT2D eigenvalue weighted by atomic mass is 19.1. The van der Waals surface area contributed by atoms with Crippen LogP contribution in [-0.4, -0.2) is 32.6 Å². The number of benzene rings is 2. The summed E-state index contributed by atoms with van der Waals surface area (Å²) < 4.78 is 30.2. The van der Waals surface area contributed by atoms with E-state index in [-0.39, 0.29) is 11.7 Å². The number of nitrogens with zero attached hydrogens (tertiary/aromatic N) is 3. The standard InChI is InChI=1S/C22H18FN3O5/c1-11-4-5-15(23)8-17(11)30-22-24-9-16-21(26-22)31-20(25-16)14-6-12(2)19(13(3)7-14)29-10-18(27)28/h4-9H,10H2,1-3H3,(H,27,28). The Morgan fingerprint density at radius 2 is 1.84 bits per heavy atom. The molecule has 0 unspecified atom stereocenters. The minimum Gasteiger partial charge on any atom is -0.481 e. The third-order valence-corrected chi connectivity index (χ3v) is 4.53. The van der Waals surface area contributed by atoms with Crippen LogP contribution in [0.25, 0.3) is 22.7 Å². The maximum absolute atomic E-state index is 13.5. The second kappa shape index (κ2) is 8.02. The lowest BCUT2D eigenvalue weighted by molar-refractivity contribution is -0.139. The lowest BCUT2D eigenvalue weighted by atomic mass is 10.1. The van der Waals surface area contributed by atoms with Gasteiger partial charge < -0.3 is 19.0 Å². The Bertz CT molecular complexity index is 1280. The molecule has 4 rings (SSSR count). The van der Waals surface area contributed by atoms with E-state index in [4.69, 9.17) is 19.0 Å². The van der Waals surface area contributed by atoms with Crippen molar-refractivity contribution >= 4 is 17.2 Å². The molecule has 2 heterocycles. The molecule has 0 aliphatic rings. The highest BCUT2D eigenvalue weighted by Gasteiger charge is 2.16. The van der Waals surface area contributed by atoms with Crippen LogP contribution in [0.15, 0.2) is 40.9 Å². The maximum atomic E-state index is 13.5. The minimum absolute atomic E-state index is 0.00804. The number of carboxylic acids is 1. The van der Waals surface area contributed by atoms with Gasteiger partial charge in [-0.05, 0) is 55.7 Å². The SMILES string of the molecule is Cc1ccc(F)cc1Oc1ncc2nc(-c3cc(C)c(OCC(=O)O)c(C)c3)oc2n1. The topological polar surface area (TPSA) is 108 Å². The highest BCUT2D eigenvalue weighted by Crippen LogP contribution is 2.32. The van der Waals surface area contributed by atoms with Gasteiger partial charge in [-0.2, -0.15) is 4.98 Å². The van der Waals surface area contributed by atoms with E-state index in [2.05, 4.69) is 15.0 Å². The number of rotatable bonds is 6. The largest absolute Gasteiger partial charge is 0.481 e. The smallest absolute Gasteiger partial charge is 0.341 e. The molecule has 0 saturated heterocycles. The number of hydrogen-bond acceptors (Lipinski definition) is 7. The van der Waals surface area contributed by atoms with Crippen LogP contribution in [0.2, 0.25) is 0 Å². The van der Waals surface area contributed by atoms with E-state index in [0.717, 1.165) is 16.7 Å². The number of carboxylic acid groups (broad SMARTS) is 1. The quantitative estimate of drug-likeness (QED) is 0.479. The monoisotopic (exact) mass is 423 g/mol. The van der Waals surface area contributed by atoms with Crippen molar-refractivity contribution in [2.45, 2.75) is 20.8 Å². The van der Waals surface area contributed by atoms with Crippen molar-refractivity contribution in [2.75, 3.05) is 6.61 Å². The van der Waals surface area contributed by atoms with E-state index in [1.54, 1.807) is 25.1 Å². The zero-order chi connectivity index (χ0) is 22.1. The van der Waals surface area contributed by atoms with Gasteiger partial charge in [-0.1, -0.05) is 6.07 Å². The molecule has 0 radical (unpaired) electrons. The van der Waals surface area contributed by atoms with Crippen LogP contribution >= 0.6 is 0 Å². The van der Waals surface area contributed by atoms with E-state index in [0.29, 0.717) is 28.5 Å². The molecular weight excluding hydrogens is 405 g/mol. The third kappa shape index (κ3) is 4.30.